The van der Waals surface area contributed by atoms with Gasteiger partial charge in [-0.05, 0) is 18.9 Å². The van der Waals surface area contributed by atoms with Gasteiger partial charge in [-0.2, -0.15) is 0 Å². The van der Waals surface area contributed by atoms with Crippen LogP contribution in [0.4, 0.5) is 4.39 Å². The molecule has 0 saturated heterocycles. The zero-order valence-corrected chi connectivity index (χ0v) is 13.2. The van der Waals surface area contributed by atoms with E-state index in [1.165, 1.54) is 30.2 Å². The Balaban J connectivity index is 1.69. The molecule has 1 fully saturated rings. The van der Waals surface area contributed by atoms with Gasteiger partial charge in [0, 0.05) is 16.5 Å². The second-order valence-corrected chi connectivity index (χ2v) is 6.43. The number of nitrogens with zero attached hydrogens (tertiary/aromatic N) is 1. The van der Waals surface area contributed by atoms with Crippen molar-refractivity contribution in [1.29, 1.82) is 0 Å². The number of hydrogen-bond acceptors (Lipinski definition) is 3. The minimum absolute atomic E-state index is 0.229. The largest absolute Gasteiger partial charge is 0.373 e. The molecule has 0 radical (unpaired) electrons. The molecule has 0 amide bonds. The quantitative estimate of drug-likeness (QED) is 0.709. The average molecular weight is 326 g/mol. The van der Waals surface area contributed by atoms with Crippen molar-refractivity contribution in [3.8, 4) is 10.6 Å². The van der Waals surface area contributed by atoms with Gasteiger partial charge in [-0.3, -0.25) is 0 Å². The highest BCUT2D eigenvalue weighted by molar-refractivity contribution is 7.13. The van der Waals surface area contributed by atoms with Gasteiger partial charge in [-0.25, -0.2) is 9.37 Å². The van der Waals surface area contributed by atoms with Crippen LogP contribution in [0.15, 0.2) is 23.6 Å². The molecule has 0 aliphatic heterocycles. The highest BCUT2D eigenvalue weighted by atomic mass is 35.5. The predicted molar refractivity (Wildman–Crippen MR) is 84.1 cm³/mol. The van der Waals surface area contributed by atoms with Crippen molar-refractivity contribution in [2.45, 2.75) is 44.3 Å². The zero-order valence-electron chi connectivity index (χ0n) is 11.6. The summed E-state index contributed by atoms with van der Waals surface area (Å²) in [6.45, 7) is 0.349. The second kappa shape index (κ2) is 6.86. The zero-order chi connectivity index (χ0) is 14.7. The van der Waals surface area contributed by atoms with Gasteiger partial charge in [0.25, 0.3) is 0 Å². The van der Waals surface area contributed by atoms with Gasteiger partial charge >= 0.3 is 0 Å². The molecule has 0 N–H and O–H groups in total. The van der Waals surface area contributed by atoms with Crippen LogP contribution < -0.4 is 0 Å². The van der Waals surface area contributed by atoms with Crippen molar-refractivity contribution in [1.82, 2.24) is 4.98 Å². The SMILES string of the molecule is Fc1cc(-c2nc(CCl)cs2)ccc1COC1CCCC1. The lowest BCUT2D eigenvalue weighted by atomic mass is 10.1. The Morgan fingerprint density at radius 1 is 1.33 bits per heavy atom. The normalized spacial score (nSPS) is 15.7. The Bertz CT molecular complexity index is 610. The summed E-state index contributed by atoms with van der Waals surface area (Å²) in [5, 5.41) is 2.70. The van der Waals surface area contributed by atoms with Crippen molar-refractivity contribution in [3.05, 3.63) is 40.7 Å². The second-order valence-electron chi connectivity index (χ2n) is 5.30. The van der Waals surface area contributed by atoms with Gasteiger partial charge in [0.15, 0.2) is 0 Å². The highest BCUT2D eigenvalue weighted by Crippen LogP contribution is 2.27. The number of benzene rings is 1. The molecule has 1 aromatic carbocycles. The van der Waals surface area contributed by atoms with Gasteiger partial charge < -0.3 is 4.74 Å². The first kappa shape index (κ1) is 14.9. The molecule has 1 aliphatic carbocycles. The molecule has 1 aliphatic rings. The molecule has 2 nitrogen and oxygen atoms in total. The van der Waals surface area contributed by atoms with Crippen LogP contribution in [0, 0.1) is 5.82 Å². The fourth-order valence-corrected chi connectivity index (χ4v) is 3.61. The Hall–Kier alpha value is -0.970. The molecule has 1 aromatic heterocycles. The van der Waals surface area contributed by atoms with Crippen molar-refractivity contribution in [2.75, 3.05) is 0 Å². The summed E-state index contributed by atoms with van der Waals surface area (Å²) in [4.78, 5) is 4.37. The summed E-state index contributed by atoms with van der Waals surface area (Å²) in [5.41, 5.74) is 2.23. The number of rotatable bonds is 5. The third-order valence-corrected chi connectivity index (χ3v) is 4.98. The number of halogens is 2. The summed E-state index contributed by atoms with van der Waals surface area (Å²) in [7, 11) is 0. The molecule has 1 heterocycles. The molecule has 0 spiro atoms. The van der Waals surface area contributed by atoms with E-state index in [1.54, 1.807) is 6.07 Å². The van der Waals surface area contributed by atoms with E-state index < -0.39 is 0 Å². The van der Waals surface area contributed by atoms with Gasteiger partial charge in [-0.1, -0.05) is 25.0 Å². The Morgan fingerprint density at radius 3 is 2.81 bits per heavy atom. The summed E-state index contributed by atoms with van der Waals surface area (Å²) in [6, 6.07) is 5.22. The summed E-state index contributed by atoms with van der Waals surface area (Å²) < 4.78 is 19.9. The Morgan fingerprint density at radius 2 is 2.14 bits per heavy atom. The lowest BCUT2D eigenvalue weighted by Gasteiger charge is -2.11. The molecule has 3 rings (SSSR count). The van der Waals surface area contributed by atoms with Gasteiger partial charge in [0.05, 0.1) is 24.3 Å². The lowest BCUT2D eigenvalue weighted by Crippen LogP contribution is -2.08. The molecule has 0 bridgehead atoms. The average Bonchev–Trinajstić information content (AvgIpc) is 3.17. The lowest BCUT2D eigenvalue weighted by molar-refractivity contribution is 0.0441. The highest BCUT2D eigenvalue weighted by Gasteiger charge is 2.16. The molecule has 0 atom stereocenters. The fourth-order valence-electron chi connectivity index (χ4n) is 2.56. The minimum atomic E-state index is -0.229. The maximum Gasteiger partial charge on any atom is 0.129 e. The first-order valence-electron chi connectivity index (χ1n) is 7.17. The maximum atomic E-state index is 14.2. The molecule has 0 unspecified atom stereocenters. The van der Waals surface area contributed by atoms with E-state index in [0.717, 1.165) is 29.1 Å². The monoisotopic (exact) mass is 325 g/mol. The summed E-state index contributed by atoms with van der Waals surface area (Å²) in [5.74, 6) is 0.153. The summed E-state index contributed by atoms with van der Waals surface area (Å²) >= 11 is 7.22. The van der Waals surface area contributed by atoms with Crippen LogP contribution in [0.25, 0.3) is 10.6 Å². The van der Waals surface area contributed by atoms with Crippen LogP contribution in [0.5, 0.6) is 0 Å². The topological polar surface area (TPSA) is 22.1 Å². The van der Waals surface area contributed by atoms with Crippen LogP contribution >= 0.6 is 22.9 Å². The van der Waals surface area contributed by atoms with Crippen LogP contribution in [-0.4, -0.2) is 11.1 Å². The first-order valence-corrected chi connectivity index (χ1v) is 8.58. The molecule has 1 saturated carbocycles. The Labute approximate surface area is 132 Å². The van der Waals surface area contributed by atoms with Crippen LogP contribution in [0.3, 0.4) is 0 Å². The molecular formula is C16H17ClFNOS. The number of thiazole rings is 1. The van der Waals surface area contributed by atoms with E-state index in [2.05, 4.69) is 4.98 Å². The molecule has 2 aromatic rings. The number of aromatic nitrogens is 1. The van der Waals surface area contributed by atoms with E-state index in [4.69, 9.17) is 16.3 Å². The van der Waals surface area contributed by atoms with Crippen LogP contribution in [0.2, 0.25) is 0 Å². The molecule has 5 heteroatoms. The standard InChI is InChI=1S/C16H17ClFNOS/c17-8-13-10-21-16(19-13)11-5-6-12(15(18)7-11)9-20-14-3-1-2-4-14/h5-7,10,14H,1-4,8-9H2. The third kappa shape index (κ3) is 3.62. The van der Waals surface area contributed by atoms with Crippen molar-refractivity contribution >= 4 is 22.9 Å². The molecule has 21 heavy (non-hydrogen) atoms. The fraction of sp³-hybridized carbons (Fsp3) is 0.438. The number of alkyl halides is 1. The van der Waals surface area contributed by atoms with Gasteiger partial charge in [-0.15, -0.1) is 22.9 Å². The van der Waals surface area contributed by atoms with Crippen molar-refractivity contribution in [3.63, 3.8) is 0 Å². The number of hydrogen-bond donors (Lipinski definition) is 0. The summed E-state index contributed by atoms with van der Waals surface area (Å²) in [6.07, 6.45) is 4.94. The van der Waals surface area contributed by atoms with Crippen LogP contribution in [-0.2, 0) is 17.2 Å². The van der Waals surface area contributed by atoms with E-state index in [-0.39, 0.29) is 5.82 Å². The van der Waals surface area contributed by atoms with Gasteiger partial charge in [0.2, 0.25) is 0 Å². The van der Waals surface area contributed by atoms with E-state index >= 15 is 0 Å². The first-order chi connectivity index (χ1) is 10.3. The van der Waals surface area contributed by atoms with Crippen molar-refractivity contribution < 1.29 is 9.13 Å². The van der Waals surface area contributed by atoms with Crippen molar-refractivity contribution in [2.24, 2.45) is 0 Å². The molecule has 112 valence electrons. The Kier molecular flexibility index (Phi) is 4.88. The van der Waals surface area contributed by atoms with Crippen LogP contribution in [0.1, 0.15) is 36.9 Å². The van der Waals surface area contributed by atoms with Gasteiger partial charge in [0.1, 0.15) is 10.8 Å². The molecular weight excluding hydrogens is 309 g/mol. The minimum Gasteiger partial charge on any atom is -0.373 e. The van der Waals surface area contributed by atoms with E-state index in [0.29, 0.717) is 24.2 Å². The maximum absolute atomic E-state index is 14.2. The van der Waals surface area contributed by atoms with E-state index in [1.807, 2.05) is 11.4 Å². The van der Waals surface area contributed by atoms with E-state index in [9.17, 15) is 4.39 Å². The predicted octanol–water partition coefficient (Wildman–Crippen LogP) is 5.15. The third-order valence-electron chi connectivity index (χ3n) is 3.77. The smallest absolute Gasteiger partial charge is 0.129 e. The number of ether oxygens (including phenoxy) is 1.